The highest BCUT2D eigenvalue weighted by Crippen LogP contribution is 2.24. The Kier molecular flexibility index (Phi) is 6.69. The number of halogens is 2. The Bertz CT molecular complexity index is 796. The van der Waals surface area contributed by atoms with Gasteiger partial charge in [0.2, 0.25) is 5.91 Å². The van der Waals surface area contributed by atoms with Crippen molar-refractivity contribution in [1.82, 2.24) is 20.1 Å². The summed E-state index contributed by atoms with van der Waals surface area (Å²) in [6.45, 7) is 4.32. The summed E-state index contributed by atoms with van der Waals surface area (Å²) in [5.41, 5.74) is 5.55. The number of primary amides is 1. The van der Waals surface area contributed by atoms with E-state index in [1.165, 1.54) is 17.8 Å². The molecule has 7 nitrogen and oxygen atoms in total. The highest BCUT2D eigenvalue weighted by atomic mass is 35.5. The normalized spacial score (nSPS) is 12.0. The second-order valence-electron chi connectivity index (χ2n) is 5.16. The zero-order chi connectivity index (χ0) is 18.6. The minimum atomic E-state index is -0.432. The molecule has 0 fully saturated rings. The van der Waals surface area contributed by atoms with E-state index in [4.69, 9.17) is 28.9 Å². The van der Waals surface area contributed by atoms with Crippen LogP contribution in [0.5, 0.6) is 0 Å². The van der Waals surface area contributed by atoms with E-state index in [2.05, 4.69) is 15.5 Å². The first-order valence-electron chi connectivity index (χ1n) is 7.43. The molecule has 3 N–H and O–H groups in total. The maximum Gasteiger partial charge on any atom is 0.251 e. The molecule has 2 amide bonds. The molecule has 1 unspecified atom stereocenters. The van der Waals surface area contributed by atoms with Crippen LogP contribution in [-0.2, 0) is 11.3 Å². The molecule has 0 bridgehead atoms. The topological polar surface area (TPSA) is 103 Å². The monoisotopic (exact) mass is 401 g/mol. The molecule has 134 valence electrons. The van der Waals surface area contributed by atoms with Gasteiger partial charge in [-0.1, -0.05) is 35.0 Å². The van der Waals surface area contributed by atoms with E-state index in [-0.39, 0.29) is 11.7 Å². The molecule has 0 saturated carbocycles. The van der Waals surface area contributed by atoms with Crippen molar-refractivity contribution in [3.63, 3.8) is 0 Å². The van der Waals surface area contributed by atoms with Crippen molar-refractivity contribution in [3.05, 3.63) is 39.6 Å². The maximum atomic E-state index is 12.4. The zero-order valence-corrected chi connectivity index (χ0v) is 16.0. The predicted molar refractivity (Wildman–Crippen MR) is 98.0 cm³/mol. The van der Waals surface area contributed by atoms with Gasteiger partial charge < -0.3 is 15.6 Å². The van der Waals surface area contributed by atoms with Crippen LogP contribution < -0.4 is 11.1 Å². The number of nitrogens with zero attached hydrogens (tertiary/aromatic N) is 3. The van der Waals surface area contributed by atoms with Crippen molar-refractivity contribution < 1.29 is 9.59 Å². The predicted octanol–water partition coefficient (Wildman–Crippen LogP) is 2.67. The van der Waals surface area contributed by atoms with E-state index in [9.17, 15) is 9.59 Å². The molecule has 0 aliphatic heterocycles. The Morgan fingerprint density at radius 3 is 2.64 bits per heavy atom. The number of hydrogen-bond donors (Lipinski definition) is 2. The van der Waals surface area contributed by atoms with Gasteiger partial charge in [0.25, 0.3) is 5.91 Å². The van der Waals surface area contributed by atoms with Gasteiger partial charge in [-0.05, 0) is 32.0 Å². The Morgan fingerprint density at radius 2 is 2.04 bits per heavy atom. The third-order valence-electron chi connectivity index (χ3n) is 3.32. The van der Waals surface area contributed by atoms with Crippen LogP contribution in [0, 0.1) is 0 Å². The Balaban J connectivity index is 2.14. The van der Waals surface area contributed by atoms with Gasteiger partial charge >= 0.3 is 0 Å². The van der Waals surface area contributed by atoms with Crippen molar-refractivity contribution in [2.75, 3.05) is 5.75 Å². The fourth-order valence-corrected chi connectivity index (χ4v) is 3.19. The molecule has 1 aromatic carbocycles. The number of thioether (sulfide) groups is 1. The summed E-state index contributed by atoms with van der Waals surface area (Å²) < 4.78 is 1.83. The van der Waals surface area contributed by atoms with Gasteiger partial charge in [0.1, 0.15) is 0 Å². The molecule has 1 aromatic heterocycles. The van der Waals surface area contributed by atoms with Crippen molar-refractivity contribution in [3.8, 4) is 0 Å². The van der Waals surface area contributed by atoms with Crippen LogP contribution in [0.3, 0.4) is 0 Å². The molecular formula is C15H17Cl2N5O2S. The van der Waals surface area contributed by atoms with Gasteiger partial charge in [0.05, 0.1) is 21.8 Å². The van der Waals surface area contributed by atoms with Crippen molar-refractivity contribution in [1.29, 1.82) is 0 Å². The first-order chi connectivity index (χ1) is 11.8. The molecule has 1 heterocycles. The molecule has 10 heteroatoms. The largest absolute Gasteiger partial charge is 0.369 e. The highest BCUT2D eigenvalue weighted by Gasteiger charge is 2.20. The minimum Gasteiger partial charge on any atom is -0.369 e. The lowest BCUT2D eigenvalue weighted by atomic mass is 10.2. The lowest BCUT2D eigenvalue weighted by Crippen LogP contribution is -2.28. The van der Waals surface area contributed by atoms with Crippen LogP contribution in [0.15, 0.2) is 23.4 Å². The number of aromatic nitrogens is 3. The average molecular weight is 402 g/mol. The van der Waals surface area contributed by atoms with Crippen molar-refractivity contribution in [2.24, 2.45) is 5.73 Å². The van der Waals surface area contributed by atoms with Crippen LogP contribution in [-0.4, -0.2) is 32.3 Å². The zero-order valence-electron chi connectivity index (χ0n) is 13.6. The summed E-state index contributed by atoms with van der Waals surface area (Å²) in [4.78, 5) is 23.3. The van der Waals surface area contributed by atoms with Gasteiger partial charge in [0.15, 0.2) is 11.0 Å². The molecule has 0 aliphatic carbocycles. The Morgan fingerprint density at radius 1 is 1.32 bits per heavy atom. The van der Waals surface area contributed by atoms with Crippen LogP contribution in [0.2, 0.25) is 10.0 Å². The number of carbonyl (C=O) groups is 2. The Labute approximate surface area is 159 Å². The van der Waals surface area contributed by atoms with Gasteiger partial charge in [-0.25, -0.2) is 0 Å². The van der Waals surface area contributed by atoms with Crippen LogP contribution in [0.1, 0.15) is 36.1 Å². The van der Waals surface area contributed by atoms with E-state index < -0.39 is 11.9 Å². The summed E-state index contributed by atoms with van der Waals surface area (Å²) in [6, 6.07) is 4.27. The number of hydrogen-bond acceptors (Lipinski definition) is 5. The molecule has 0 spiro atoms. The lowest BCUT2D eigenvalue weighted by Gasteiger charge is -2.15. The summed E-state index contributed by atoms with van der Waals surface area (Å²) in [6.07, 6.45) is 0. The van der Waals surface area contributed by atoms with Crippen LogP contribution in [0.25, 0.3) is 0 Å². The van der Waals surface area contributed by atoms with E-state index in [1.54, 1.807) is 19.1 Å². The number of rotatable bonds is 7. The average Bonchev–Trinajstić information content (AvgIpc) is 2.98. The van der Waals surface area contributed by atoms with Gasteiger partial charge in [-0.2, -0.15) is 0 Å². The third kappa shape index (κ3) is 4.87. The molecule has 2 aromatic rings. The molecule has 0 aliphatic rings. The van der Waals surface area contributed by atoms with Crippen molar-refractivity contribution in [2.45, 2.75) is 31.6 Å². The van der Waals surface area contributed by atoms with E-state index in [0.717, 1.165) is 0 Å². The number of benzene rings is 1. The standard InChI is InChI=1S/C15H17Cl2N5O2S/c1-3-22-13(20-21-15(22)25-7-12(18)23)8(2)19-14(24)9-4-5-10(16)11(17)6-9/h4-6,8H,3,7H2,1-2H3,(H2,18,23)(H,19,24). The van der Waals surface area contributed by atoms with Crippen LogP contribution >= 0.6 is 35.0 Å². The molecule has 2 rings (SSSR count). The van der Waals surface area contributed by atoms with Gasteiger partial charge in [-0.15, -0.1) is 10.2 Å². The summed E-state index contributed by atoms with van der Waals surface area (Å²) in [5, 5.41) is 12.3. The van der Waals surface area contributed by atoms with E-state index in [0.29, 0.717) is 33.1 Å². The number of carbonyl (C=O) groups excluding carboxylic acids is 2. The molecule has 0 saturated heterocycles. The summed E-state index contributed by atoms with van der Waals surface area (Å²) in [7, 11) is 0. The molecule has 1 atom stereocenters. The van der Waals surface area contributed by atoms with E-state index >= 15 is 0 Å². The smallest absolute Gasteiger partial charge is 0.251 e. The quantitative estimate of drug-likeness (QED) is 0.694. The fourth-order valence-electron chi connectivity index (χ4n) is 2.14. The minimum absolute atomic E-state index is 0.113. The maximum absolute atomic E-state index is 12.4. The van der Waals surface area contributed by atoms with Gasteiger partial charge in [-0.3, -0.25) is 9.59 Å². The summed E-state index contributed by atoms with van der Waals surface area (Å²) in [5.74, 6) is -0.0357. The first-order valence-corrected chi connectivity index (χ1v) is 9.17. The Hall–Kier alpha value is -1.77. The molecule has 0 radical (unpaired) electrons. The third-order valence-corrected chi connectivity index (χ3v) is 5.05. The number of amides is 2. The van der Waals surface area contributed by atoms with Crippen molar-refractivity contribution >= 4 is 46.8 Å². The second-order valence-corrected chi connectivity index (χ2v) is 6.92. The fraction of sp³-hybridized carbons (Fsp3) is 0.333. The number of nitrogens with two attached hydrogens (primary N) is 1. The number of nitrogens with one attached hydrogen (secondary N) is 1. The van der Waals surface area contributed by atoms with E-state index in [1.807, 2.05) is 11.5 Å². The SMILES string of the molecule is CCn1c(SCC(N)=O)nnc1C(C)NC(=O)c1ccc(Cl)c(Cl)c1. The lowest BCUT2D eigenvalue weighted by molar-refractivity contribution is -0.115. The first kappa shape index (κ1) is 19.6. The summed E-state index contributed by atoms with van der Waals surface area (Å²) >= 11 is 13.0. The van der Waals surface area contributed by atoms with Crippen LogP contribution in [0.4, 0.5) is 0 Å². The molecular weight excluding hydrogens is 385 g/mol. The molecule has 25 heavy (non-hydrogen) atoms. The second kappa shape index (κ2) is 8.55. The van der Waals surface area contributed by atoms with Gasteiger partial charge in [0, 0.05) is 12.1 Å². The highest BCUT2D eigenvalue weighted by molar-refractivity contribution is 7.99.